The first-order valence-electron chi connectivity index (χ1n) is 4.86. The molecule has 4 heteroatoms. The fourth-order valence-corrected chi connectivity index (χ4v) is 1.70. The lowest BCUT2D eigenvalue weighted by Crippen LogP contribution is -2.01. The molecule has 80 valence electrons. The Labute approximate surface area is 98.9 Å². The Morgan fingerprint density at radius 2 is 2.31 bits per heavy atom. The van der Waals surface area contributed by atoms with E-state index in [0.717, 1.165) is 11.1 Å². The van der Waals surface area contributed by atoms with Gasteiger partial charge in [0.2, 0.25) is 0 Å². The molecule has 0 aliphatic carbocycles. The Morgan fingerprint density at radius 3 is 2.88 bits per heavy atom. The Balaban J connectivity index is 2.26. The van der Waals surface area contributed by atoms with Gasteiger partial charge in [-0.05, 0) is 30.2 Å². The monoisotopic (exact) mass is 231 g/mol. The molecule has 0 amide bonds. The quantitative estimate of drug-likeness (QED) is 0.798. The molecule has 3 nitrogen and oxygen atoms in total. The third-order valence-corrected chi connectivity index (χ3v) is 2.60. The van der Waals surface area contributed by atoms with Crippen LogP contribution in [0.25, 0.3) is 0 Å². The summed E-state index contributed by atoms with van der Waals surface area (Å²) in [7, 11) is 0. The summed E-state index contributed by atoms with van der Waals surface area (Å²) < 4.78 is 1.77. The maximum Gasteiger partial charge on any atom is 0.0991 e. The zero-order valence-corrected chi connectivity index (χ0v) is 9.57. The van der Waals surface area contributed by atoms with E-state index in [1.54, 1.807) is 17.1 Å². The van der Waals surface area contributed by atoms with Crippen LogP contribution in [0.15, 0.2) is 30.6 Å². The van der Waals surface area contributed by atoms with E-state index in [4.69, 9.17) is 16.9 Å². The van der Waals surface area contributed by atoms with E-state index in [0.29, 0.717) is 17.1 Å². The van der Waals surface area contributed by atoms with Gasteiger partial charge in [0.1, 0.15) is 0 Å². The largest absolute Gasteiger partial charge is 0.267 e. The Bertz CT molecular complexity index is 552. The predicted molar refractivity (Wildman–Crippen MR) is 62.2 cm³/mol. The molecule has 0 fully saturated rings. The lowest BCUT2D eigenvalue weighted by Gasteiger charge is -2.05. The molecule has 0 bridgehead atoms. The van der Waals surface area contributed by atoms with E-state index < -0.39 is 0 Å². The molecular formula is C12H10ClN3. The van der Waals surface area contributed by atoms with Gasteiger partial charge in [-0.3, -0.25) is 4.68 Å². The van der Waals surface area contributed by atoms with E-state index in [2.05, 4.69) is 11.2 Å². The maximum atomic E-state index is 8.76. The number of rotatable bonds is 2. The third kappa shape index (κ3) is 2.23. The molecule has 1 aromatic carbocycles. The molecule has 0 unspecified atom stereocenters. The van der Waals surface area contributed by atoms with Crippen molar-refractivity contribution in [2.75, 3.05) is 0 Å². The normalized spacial score (nSPS) is 10.1. The highest BCUT2D eigenvalue weighted by Crippen LogP contribution is 2.13. The van der Waals surface area contributed by atoms with Crippen LogP contribution in [0.4, 0.5) is 0 Å². The second kappa shape index (κ2) is 4.38. The molecular weight excluding hydrogens is 222 g/mol. The molecule has 2 rings (SSSR count). The molecule has 2 aromatic rings. The lowest BCUT2D eigenvalue weighted by molar-refractivity contribution is 0.684. The van der Waals surface area contributed by atoms with Crippen LogP contribution < -0.4 is 0 Å². The molecule has 0 atom stereocenters. The fraction of sp³-hybridized carbons (Fsp3) is 0.167. The Kier molecular flexibility index (Phi) is 2.93. The van der Waals surface area contributed by atoms with Crippen molar-refractivity contribution in [3.63, 3.8) is 0 Å². The molecule has 0 saturated carbocycles. The highest BCUT2D eigenvalue weighted by atomic mass is 35.5. The van der Waals surface area contributed by atoms with Crippen LogP contribution in [-0.4, -0.2) is 9.78 Å². The molecule has 0 saturated heterocycles. The van der Waals surface area contributed by atoms with Gasteiger partial charge in [0, 0.05) is 6.20 Å². The van der Waals surface area contributed by atoms with Crippen molar-refractivity contribution < 1.29 is 0 Å². The molecule has 0 N–H and O–H groups in total. The van der Waals surface area contributed by atoms with Gasteiger partial charge >= 0.3 is 0 Å². The first-order chi connectivity index (χ1) is 7.69. The van der Waals surface area contributed by atoms with Crippen LogP contribution in [0.1, 0.15) is 16.7 Å². The average molecular weight is 232 g/mol. The standard InChI is InChI=1S/C12H10ClN3/c1-9-4-10(5-14)2-3-11(9)7-16-8-12(13)6-15-16/h2-4,6,8H,7H2,1H3. The average Bonchev–Trinajstić information content (AvgIpc) is 2.67. The van der Waals surface area contributed by atoms with Gasteiger partial charge in [-0.25, -0.2) is 0 Å². The van der Waals surface area contributed by atoms with Crippen molar-refractivity contribution in [3.05, 3.63) is 52.3 Å². The van der Waals surface area contributed by atoms with Crippen molar-refractivity contribution in [1.82, 2.24) is 9.78 Å². The summed E-state index contributed by atoms with van der Waals surface area (Å²) in [5.41, 5.74) is 2.91. The molecule has 1 aromatic heterocycles. The van der Waals surface area contributed by atoms with Gasteiger partial charge in [0.05, 0.1) is 29.4 Å². The Hall–Kier alpha value is -1.79. The number of benzene rings is 1. The summed E-state index contributed by atoms with van der Waals surface area (Å²) in [6.45, 7) is 2.66. The van der Waals surface area contributed by atoms with Crippen LogP contribution in [-0.2, 0) is 6.54 Å². The van der Waals surface area contributed by atoms with Crippen molar-refractivity contribution in [1.29, 1.82) is 5.26 Å². The van der Waals surface area contributed by atoms with Crippen LogP contribution in [0.5, 0.6) is 0 Å². The second-order valence-corrected chi connectivity index (χ2v) is 4.05. The molecule has 0 aliphatic rings. The smallest absolute Gasteiger partial charge is 0.0991 e. The predicted octanol–water partition coefficient (Wildman–Crippen LogP) is 2.76. The van der Waals surface area contributed by atoms with Crippen molar-refractivity contribution in [3.8, 4) is 6.07 Å². The summed E-state index contributed by atoms with van der Waals surface area (Å²) in [6, 6.07) is 7.76. The van der Waals surface area contributed by atoms with Gasteiger partial charge in [-0.15, -0.1) is 0 Å². The third-order valence-electron chi connectivity index (χ3n) is 2.41. The zero-order valence-electron chi connectivity index (χ0n) is 8.81. The Morgan fingerprint density at radius 1 is 1.50 bits per heavy atom. The van der Waals surface area contributed by atoms with E-state index in [1.165, 1.54) is 0 Å². The zero-order chi connectivity index (χ0) is 11.5. The molecule has 0 aliphatic heterocycles. The van der Waals surface area contributed by atoms with E-state index in [1.807, 2.05) is 25.1 Å². The number of aromatic nitrogens is 2. The maximum absolute atomic E-state index is 8.76. The SMILES string of the molecule is Cc1cc(C#N)ccc1Cn1cc(Cl)cn1. The van der Waals surface area contributed by atoms with Gasteiger partial charge < -0.3 is 0 Å². The topological polar surface area (TPSA) is 41.6 Å². The number of nitrogens with zero attached hydrogens (tertiary/aromatic N) is 3. The van der Waals surface area contributed by atoms with Crippen molar-refractivity contribution >= 4 is 11.6 Å². The van der Waals surface area contributed by atoms with E-state index >= 15 is 0 Å². The minimum atomic E-state index is 0.631. The fourth-order valence-electron chi connectivity index (χ4n) is 1.54. The van der Waals surface area contributed by atoms with Gasteiger partial charge in [-0.2, -0.15) is 10.4 Å². The number of nitriles is 1. The first kappa shape index (κ1) is 10.7. The van der Waals surface area contributed by atoms with Crippen LogP contribution >= 0.6 is 11.6 Å². The van der Waals surface area contributed by atoms with Gasteiger partial charge in [-0.1, -0.05) is 17.7 Å². The van der Waals surface area contributed by atoms with Crippen LogP contribution in [0.3, 0.4) is 0 Å². The summed E-state index contributed by atoms with van der Waals surface area (Å²) in [5.74, 6) is 0. The highest BCUT2D eigenvalue weighted by Gasteiger charge is 2.02. The number of hydrogen-bond acceptors (Lipinski definition) is 2. The van der Waals surface area contributed by atoms with Gasteiger partial charge in [0.25, 0.3) is 0 Å². The number of halogens is 1. The summed E-state index contributed by atoms with van der Waals surface area (Å²) >= 11 is 5.79. The molecule has 0 spiro atoms. The number of hydrogen-bond donors (Lipinski definition) is 0. The van der Waals surface area contributed by atoms with E-state index in [9.17, 15) is 0 Å². The summed E-state index contributed by atoms with van der Waals surface area (Å²) in [5, 5.41) is 13.5. The van der Waals surface area contributed by atoms with Crippen LogP contribution in [0.2, 0.25) is 5.02 Å². The first-order valence-corrected chi connectivity index (χ1v) is 5.24. The summed E-state index contributed by atoms with van der Waals surface area (Å²) in [6.07, 6.45) is 3.39. The van der Waals surface area contributed by atoms with Crippen molar-refractivity contribution in [2.24, 2.45) is 0 Å². The van der Waals surface area contributed by atoms with E-state index in [-0.39, 0.29) is 0 Å². The second-order valence-electron chi connectivity index (χ2n) is 3.61. The van der Waals surface area contributed by atoms with Crippen molar-refractivity contribution in [2.45, 2.75) is 13.5 Å². The minimum absolute atomic E-state index is 0.631. The molecule has 0 radical (unpaired) electrons. The molecule has 1 heterocycles. The lowest BCUT2D eigenvalue weighted by atomic mass is 10.1. The van der Waals surface area contributed by atoms with Crippen LogP contribution in [0, 0.1) is 18.3 Å². The highest BCUT2D eigenvalue weighted by molar-refractivity contribution is 6.30. The van der Waals surface area contributed by atoms with Gasteiger partial charge in [0.15, 0.2) is 0 Å². The summed E-state index contributed by atoms with van der Waals surface area (Å²) in [4.78, 5) is 0. The number of aryl methyl sites for hydroxylation is 1. The minimum Gasteiger partial charge on any atom is -0.267 e. The molecule has 16 heavy (non-hydrogen) atoms.